The van der Waals surface area contributed by atoms with Gasteiger partial charge in [0.05, 0.1) is 10.2 Å². The molecule has 5 heteroatoms. The Bertz CT molecular complexity index is 587. The molecule has 0 aliphatic carbocycles. The standard InChI is InChI=1S/C16H24N4S/c1-3-7-19-8-10-20(11-9-19)13-5-6-14-15(12-13)21-16(18-14)17-4-2/h5-6,12H,3-4,7-11H2,1-2H3,(H,17,18). The second-order valence-electron chi connectivity index (χ2n) is 5.53. The number of hydrogen-bond donors (Lipinski definition) is 1. The van der Waals surface area contributed by atoms with Crippen LogP contribution in [0.3, 0.4) is 0 Å². The van der Waals surface area contributed by atoms with Gasteiger partial charge in [-0.15, -0.1) is 0 Å². The summed E-state index contributed by atoms with van der Waals surface area (Å²) in [6, 6.07) is 6.66. The van der Waals surface area contributed by atoms with Gasteiger partial charge in [0.2, 0.25) is 0 Å². The number of anilines is 2. The summed E-state index contributed by atoms with van der Waals surface area (Å²) in [5.41, 5.74) is 2.44. The van der Waals surface area contributed by atoms with Crippen LogP contribution in [0.5, 0.6) is 0 Å². The molecule has 2 heterocycles. The number of piperazine rings is 1. The van der Waals surface area contributed by atoms with Gasteiger partial charge in [0.25, 0.3) is 0 Å². The summed E-state index contributed by atoms with van der Waals surface area (Å²) in [7, 11) is 0. The first-order valence-corrected chi connectivity index (χ1v) is 8.73. The molecule has 1 aromatic heterocycles. The first-order chi connectivity index (χ1) is 10.3. The van der Waals surface area contributed by atoms with Crippen LogP contribution in [-0.4, -0.2) is 49.2 Å². The minimum absolute atomic E-state index is 0.923. The van der Waals surface area contributed by atoms with Gasteiger partial charge in [0.1, 0.15) is 0 Å². The van der Waals surface area contributed by atoms with Crippen LogP contribution < -0.4 is 10.2 Å². The van der Waals surface area contributed by atoms with Gasteiger partial charge in [-0.3, -0.25) is 4.90 Å². The Labute approximate surface area is 130 Å². The lowest BCUT2D eigenvalue weighted by Gasteiger charge is -2.36. The second-order valence-corrected chi connectivity index (χ2v) is 6.56. The quantitative estimate of drug-likeness (QED) is 0.919. The minimum Gasteiger partial charge on any atom is -0.369 e. The molecule has 1 aliphatic heterocycles. The third-order valence-electron chi connectivity index (χ3n) is 3.98. The van der Waals surface area contributed by atoms with Crippen molar-refractivity contribution in [1.29, 1.82) is 0 Å². The van der Waals surface area contributed by atoms with Gasteiger partial charge in [-0.1, -0.05) is 18.3 Å². The van der Waals surface area contributed by atoms with E-state index >= 15 is 0 Å². The molecule has 0 unspecified atom stereocenters. The number of nitrogens with one attached hydrogen (secondary N) is 1. The Morgan fingerprint density at radius 1 is 1.19 bits per heavy atom. The van der Waals surface area contributed by atoms with Crippen molar-refractivity contribution in [3.63, 3.8) is 0 Å². The van der Waals surface area contributed by atoms with Crippen LogP contribution in [0, 0.1) is 0 Å². The van der Waals surface area contributed by atoms with E-state index in [2.05, 4.69) is 52.1 Å². The number of rotatable bonds is 5. The van der Waals surface area contributed by atoms with Crippen molar-refractivity contribution in [2.24, 2.45) is 0 Å². The lowest BCUT2D eigenvalue weighted by molar-refractivity contribution is 0.258. The van der Waals surface area contributed by atoms with Crippen LogP contribution in [0.15, 0.2) is 18.2 Å². The third kappa shape index (κ3) is 3.30. The molecule has 3 rings (SSSR count). The van der Waals surface area contributed by atoms with E-state index in [4.69, 9.17) is 0 Å². The fourth-order valence-electron chi connectivity index (χ4n) is 2.88. The predicted octanol–water partition coefficient (Wildman–Crippen LogP) is 3.26. The van der Waals surface area contributed by atoms with Crippen molar-refractivity contribution in [2.75, 3.05) is 49.5 Å². The topological polar surface area (TPSA) is 31.4 Å². The molecule has 0 saturated carbocycles. The Morgan fingerprint density at radius 2 is 2.00 bits per heavy atom. The third-order valence-corrected chi connectivity index (χ3v) is 4.95. The Morgan fingerprint density at radius 3 is 2.71 bits per heavy atom. The van der Waals surface area contributed by atoms with Gasteiger partial charge < -0.3 is 10.2 Å². The summed E-state index contributed by atoms with van der Waals surface area (Å²) in [5.74, 6) is 0. The largest absolute Gasteiger partial charge is 0.369 e. The molecule has 4 nitrogen and oxygen atoms in total. The van der Waals surface area contributed by atoms with Gasteiger partial charge >= 0.3 is 0 Å². The molecule has 0 radical (unpaired) electrons. The lowest BCUT2D eigenvalue weighted by Crippen LogP contribution is -2.46. The fraction of sp³-hybridized carbons (Fsp3) is 0.562. The van der Waals surface area contributed by atoms with E-state index in [0.29, 0.717) is 0 Å². The van der Waals surface area contributed by atoms with Gasteiger partial charge in [0, 0.05) is 38.4 Å². The summed E-state index contributed by atoms with van der Waals surface area (Å²) in [6.45, 7) is 11.1. The summed E-state index contributed by atoms with van der Waals surface area (Å²) >= 11 is 1.75. The first-order valence-electron chi connectivity index (χ1n) is 7.92. The van der Waals surface area contributed by atoms with Gasteiger partial charge in [0.15, 0.2) is 5.13 Å². The van der Waals surface area contributed by atoms with E-state index in [1.165, 1.54) is 36.4 Å². The van der Waals surface area contributed by atoms with Gasteiger partial charge in [-0.05, 0) is 38.1 Å². The van der Waals surface area contributed by atoms with Crippen LogP contribution in [-0.2, 0) is 0 Å². The molecular formula is C16H24N4S. The minimum atomic E-state index is 0.923. The first kappa shape index (κ1) is 14.6. The molecule has 0 bridgehead atoms. The van der Waals surface area contributed by atoms with Crippen molar-refractivity contribution in [2.45, 2.75) is 20.3 Å². The molecule has 0 atom stereocenters. The van der Waals surface area contributed by atoms with Crippen molar-refractivity contribution in [3.8, 4) is 0 Å². The zero-order chi connectivity index (χ0) is 14.7. The highest BCUT2D eigenvalue weighted by atomic mass is 32.1. The van der Waals surface area contributed by atoms with E-state index in [-0.39, 0.29) is 0 Å². The number of hydrogen-bond acceptors (Lipinski definition) is 5. The van der Waals surface area contributed by atoms with Crippen LogP contribution in [0.4, 0.5) is 10.8 Å². The summed E-state index contributed by atoms with van der Waals surface area (Å²) in [5, 5.41) is 4.33. The molecule has 114 valence electrons. The van der Waals surface area contributed by atoms with Crippen molar-refractivity contribution < 1.29 is 0 Å². The van der Waals surface area contributed by atoms with Crippen LogP contribution in [0.2, 0.25) is 0 Å². The van der Waals surface area contributed by atoms with Crippen molar-refractivity contribution >= 4 is 32.4 Å². The number of nitrogens with zero attached hydrogens (tertiary/aromatic N) is 3. The van der Waals surface area contributed by atoms with Crippen LogP contribution in [0.25, 0.3) is 10.2 Å². The fourth-order valence-corrected chi connectivity index (χ4v) is 3.85. The molecular weight excluding hydrogens is 280 g/mol. The molecule has 0 spiro atoms. The Hall–Kier alpha value is -1.33. The van der Waals surface area contributed by atoms with E-state index < -0.39 is 0 Å². The summed E-state index contributed by atoms with van der Waals surface area (Å²) in [6.07, 6.45) is 1.25. The zero-order valence-corrected chi connectivity index (χ0v) is 13.7. The maximum absolute atomic E-state index is 4.61. The Kier molecular flexibility index (Phi) is 4.60. The highest BCUT2D eigenvalue weighted by molar-refractivity contribution is 7.22. The highest BCUT2D eigenvalue weighted by Gasteiger charge is 2.17. The molecule has 0 amide bonds. The molecule has 1 saturated heterocycles. The SMILES string of the molecule is CCCN1CCN(c2ccc3nc(NCC)sc3c2)CC1. The number of thiazole rings is 1. The molecule has 2 aromatic rings. The normalized spacial score (nSPS) is 16.6. The lowest BCUT2D eigenvalue weighted by atomic mass is 10.2. The van der Waals surface area contributed by atoms with E-state index in [9.17, 15) is 0 Å². The van der Waals surface area contributed by atoms with Crippen LogP contribution >= 0.6 is 11.3 Å². The average Bonchev–Trinajstić information content (AvgIpc) is 2.90. The number of aromatic nitrogens is 1. The van der Waals surface area contributed by atoms with E-state index in [1.54, 1.807) is 11.3 Å². The van der Waals surface area contributed by atoms with E-state index in [1.807, 2.05) is 0 Å². The molecule has 1 fully saturated rings. The monoisotopic (exact) mass is 304 g/mol. The molecule has 1 N–H and O–H groups in total. The average molecular weight is 304 g/mol. The van der Waals surface area contributed by atoms with Crippen molar-refractivity contribution in [1.82, 2.24) is 9.88 Å². The highest BCUT2D eigenvalue weighted by Crippen LogP contribution is 2.30. The molecule has 1 aliphatic rings. The molecule has 21 heavy (non-hydrogen) atoms. The zero-order valence-electron chi connectivity index (χ0n) is 12.9. The number of fused-ring (bicyclic) bond motifs is 1. The maximum Gasteiger partial charge on any atom is 0.183 e. The predicted molar refractivity (Wildman–Crippen MR) is 92.7 cm³/mol. The second kappa shape index (κ2) is 6.62. The maximum atomic E-state index is 4.61. The summed E-state index contributed by atoms with van der Waals surface area (Å²) in [4.78, 5) is 9.66. The van der Waals surface area contributed by atoms with Gasteiger partial charge in [-0.2, -0.15) is 0 Å². The number of benzene rings is 1. The van der Waals surface area contributed by atoms with Gasteiger partial charge in [-0.25, -0.2) is 4.98 Å². The van der Waals surface area contributed by atoms with Crippen LogP contribution in [0.1, 0.15) is 20.3 Å². The smallest absolute Gasteiger partial charge is 0.183 e. The molecule has 1 aromatic carbocycles. The van der Waals surface area contributed by atoms with E-state index in [0.717, 1.165) is 30.3 Å². The van der Waals surface area contributed by atoms with Crippen molar-refractivity contribution in [3.05, 3.63) is 18.2 Å². The summed E-state index contributed by atoms with van der Waals surface area (Å²) < 4.78 is 1.28. The Balaban J connectivity index is 1.72.